The van der Waals surface area contributed by atoms with E-state index in [1.54, 1.807) is 0 Å². The number of aliphatic hydroxyl groups excluding tert-OH is 1. The Balaban J connectivity index is 1.86. The molecule has 1 aromatic rings. The minimum Gasteiger partial charge on any atom is -0.396 e. The van der Waals surface area contributed by atoms with Crippen LogP contribution < -0.4 is 5.32 Å². The molecule has 2 rings (SSSR count). The highest BCUT2D eigenvalue weighted by atomic mass is 32.1. The Morgan fingerprint density at radius 3 is 2.75 bits per heavy atom. The lowest BCUT2D eigenvalue weighted by atomic mass is 9.87. The first-order valence-corrected chi connectivity index (χ1v) is 6.45. The molecule has 1 aliphatic heterocycles. The molecule has 0 bridgehead atoms. The third kappa shape index (κ3) is 2.46. The number of aryl methyl sites for hydroxylation is 1. The van der Waals surface area contributed by atoms with Crippen LogP contribution in [-0.2, 0) is 4.74 Å². The van der Waals surface area contributed by atoms with Crippen LogP contribution in [0.15, 0.2) is 12.1 Å². The summed E-state index contributed by atoms with van der Waals surface area (Å²) in [5.41, 5.74) is -0.0411. The quantitative estimate of drug-likeness (QED) is 0.824. The molecule has 1 fully saturated rings. The average molecular weight is 241 g/mol. The van der Waals surface area contributed by atoms with Crippen LogP contribution in [0.5, 0.6) is 0 Å². The van der Waals surface area contributed by atoms with Crippen LogP contribution in [0.3, 0.4) is 0 Å². The number of hydrogen-bond donors (Lipinski definition) is 2. The van der Waals surface area contributed by atoms with E-state index in [9.17, 15) is 5.11 Å². The summed E-state index contributed by atoms with van der Waals surface area (Å²) in [6.45, 7) is 6.66. The number of thiophene rings is 1. The van der Waals surface area contributed by atoms with Gasteiger partial charge in [0.25, 0.3) is 0 Å². The number of aliphatic hydroxyl groups is 1. The van der Waals surface area contributed by atoms with Crippen molar-refractivity contribution in [2.75, 3.05) is 26.4 Å². The summed E-state index contributed by atoms with van der Waals surface area (Å²) >= 11 is 1.82. The van der Waals surface area contributed by atoms with E-state index in [1.165, 1.54) is 9.75 Å². The van der Waals surface area contributed by atoms with Gasteiger partial charge in [-0.15, -0.1) is 11.3 Å². The molecule has 0 amide bonds. The van der Waals surface area contributed by atoms with Crippen molar-refractivity contribution in [2.45, 2.75) is 19.9 Å². The summed E-state index contributed by atoms with van der Waals surface area (Å²) in [6, 6.07) is 4.66. The van der Waals surface area contributed by atoms with Gasteiger partial charge in [-0.25, -0.2) is 0 Å². The van der Waals surface area contributed by atoms with Crippen molar-refractivity contribution < 1.29 is 9.84 Å². The summed E-state index contributed by atoms with van der Waals surface area (Å²) in [5, 5.41) is 12.8. The minimum atomic E-state index is -0.0411. The van der Waals surface area contributed by atoms with Crippen molar-refractivity contribution in [3.8, 4) is 0 Å². The lowest BCUT2D eigenvalue weighted by molar-refractivity contribution is -0.135. The molecule has 0 saturated carbocycles. The molecule has 1 aliphatic rings. The smallest absolute Gasteiger partial charge is 0.0579 e. The maximum absolute atomic E-state index is 9.31. The van der Waals surface area contributed by atoms with Crippen molar-refractivity contribution in [1.29, 1.82) is 0 Å². The van der Waals surface area contributed by atoms with Crippen LogP contribution in [-0.4, -0.2) is 31.5 Å². The first kappa shape index (κ1) is 12.0. The average Bonchev–Trinajstić information content (AvgIpc) is 2.64. The Kier molecular flexibility index (Phi) is 3.64. The predicted molar refractivity (Wildman–Crippen MR) is 65.8 cm³/mol. The fourth-order valence-corrected chi connectivity index (χ4v) is 2.70. The van der Waals surface area contributed by atoms with Gasteiger partial charge in [-0.2, -0.15) is 0 Å². The van der Waals surface area contributed by atoms with E-state index in [0.717, 1.165) is 6.54 Å². The first-order chi connectivity index (χ1) is 7.65. The molecule has 1 aromatic heterocycles. The maximum atomic E-state index is 9.31. The van der Waals surface area contributed by atoms with E-state index in [0.29, 0.717) is 19.3 Å². The molecule has 0 spiro atoms. The van der Waals surface area contributed by atoms with E-state index < -0.39 is 0 Å². The van der Waals surface area contributed by atoms with Crippen LogP contribution in [0.4, 0.5) is 0 Å². The summed E-state index contributed by atoms with van der Waals surface area (Å²) in [5.74, 6) is 0. The van der Waals surface area contributed by atoms with Crippen molar-refractivity contribution in [2.24, 2.45) is 5.41 Å². The van der Waals surface area contributed by atoms with Crippen LogP contribution >= 0.6 is 11.3 Å². The van der Waals surface area contributed by atoms with Crippen molar-refractivity contribution in [3.63, 3.8) is 0 Å². The van der Waals surface area contributed by atoms with E-state index >= 15 is 0 Å². The lowest BCUT2D eigenvalue weighted by Crippen LogP contribution is -2.52. The fraction of sp³-hybridized carbons (Fsp3) is 0.667. The van der Waals surface area contributed by atoms with Crippen LogP contribution in [0.2, 0.25) is 0 Å². The Morgan fingerprint density at radius 2 is 2.31 bits per heavy atom. The largest absolute Gasteiger partial charge is 0.396 e. The van der Waals surface area contributed by atoms with Crippen LogP contribution in [0.25, 0.3) is 0 Å². The van der Waals surface area contributed by atoms with Crippen molar-refractivity contribution in [3.05, 3.63) is 21.9 Å². The molecule has 90 valence electrons. The number of rotatable bonds is 5. The van der Waals surface area contributed by atoms with Gasteiger partial charge in [0.05, 0.1) is 25.2 Å². The molecule has 3 nitrogen and oxygen atoms in total. The molecular weight excluding hydrogens is 222 g/mol. The van der Waals surface area contributed by atoms with Gasteiger partial charge in [-0.3, -0.25) is 0 Å². The third-order valence-electron chi connectivity index (χ3n) is 3.12. The Bertz CT molecular complexity index is 341. The van der Waals surface area contributed by atoms with Gasteiger partial charge < -0.3 is 15.2 Å². The highest BCUT2D eigenvalue weighted by Gasteiger charge is 2.38. The van der Waals surface area contributed by atoms with Crippen LogP contribution in [0.1, 0.15) is 22.7 Å². The van der Waals surface area contributed by atoms with Crippen LogP contribution in [0, 0.1) is 12.3 Å². The van der Waals surface area contributed by atoms with Gasteiger partial charge in [0.1, 0.15) is 0 Å². The second-order valence-electron chi connectivity index (χ2n) is 4.70. The van der Waals surface area contributed by atoms with Gasteiger partial charge in [-0.05, 0) is 26.0 Å². The molecule has 0 radical (unpaired) electrons. The monoisotopic (exact) mass is 241 g/mol. The van der Waals surface area contributed by atoms with E-state index in [2.05, 4.69) is 31.3 Å². The Labute approximate surface area is 100 Å². The number of ether oxygens (including phenoxy) is 1. The predicted octanol–water partition coefficient (Wildman–Crippen LogP) is 1.72. The Morgan fingerprint density at radius 1 is 1.56 bits per heavy atom. The van der Waals surface area contributed by atoms with Gasteiger partial charge >= 0.3 is 0 Å². The van der Waals surface area contributed by atoms with Gasteiger partial charge in [0, 0.05) is 22.3 Å². The second kappa shape index (κ2) is 4.84. The van der Waals surface area contributed by atoms with Gasteiger partial charge in [-0.1, -0.05) is 0 Å². The SMILES string of the molecule is Cc1ccc(C(C)NCC2(CO)COC2)s1. The molecule has 1 atom stereocenters. The number of nitrogens with one attached hydrogen (secondary N) is 1. The van der Waals surface area contributed by atoms with E-state index in [1.807, 2.05) is 11.3 Å². The molecule has 1 unspecified atom stereocenters. The molecule has 2 N–H and O–H groups in total. The topological polar surface area (TPSA) is 41.5 Å². The lowest BCUT2D eigenvalue weighted by Gasteiger charge is -2.40. The fourth-order valence-electron chi connectivity index (χ4n) is 1.80. The molecule has 2 heterocycles. The summed E-state index contributed by atoms with van der Waals surface area (Å²) in [7, 11) is 0. The normalized spacial score (nSPS) is 20.4. The van der Waals surface area contributed by atoms with E-state index in [4.69, 9.17) is 4.74 Å². The molecule has 16 heavy (non-hydrogen) atoms. The number of hydrogen-bond acceptors (Lipinski definition) is 4. The van der Waals surface area contributed by atoms with Gasteiger partial charge in [0.15, 0.2) is 0 Å². The minimum absolute atomic E-state index is 0.0411. The highest BCUT2D eigenvalue weighted by molar-refractivity contribution is 7.12. The zero-order valence-corrected chi connectivity index (χ0v) is 10.6. The Hall–Kier alpha value is -0.420. The van der Waals surface area contributed by atoms with E-state index in [-0.39, 0.29) is 12.0 Å². The molecule has 0 aliphatic carbocycles. The van der Waals surface area contributed by atoms with Crippen molar-refractivity contribution >= 4 is 11.3 Å². The zero-order chi connectivity index (χ0) is 11.6. The standard InChI is InChI=1S/C12H19NO2S/c1-9-3-4-11(16-9)10(2)13-5-12(6-14)7-15-8-12/h3-4,10,13-14H,5-8H2,1-2H3. The molecule has 4 heteroatoms. The molecule has 1 saturated heterocycles. The highest BCUT2D eigenvalue weighted by Crippen LogP contribution is 2.28. The molecule has 0 aromatic carbocycles. The molecular formula is C12H19NO2S. The van der Waals surface area contributed by atoms with Gasteiger partial charge in [0.2, 0.25) is 0 Å². The second-order valence-corrected chi connectivity index (χ2v) is 6.02. The zero-order valence-electron chi connectivity index (χ0n) is 9.82. The summed E-state index contributed by atoms with van der Waals surface area (Å²) in [4.78, 5) is 2.69. The third-order valence-corrected chi connectivity index (χ3v) is 4.31. The summed E-state index contributed by atoms with van der Waals surface area (Å²) in [6.07, 6.45) is 0. The van der Waals surface area contributed by atoms with Crippen molar-refractivity contribution in [1.82, 2.24) is 5.32 Å². The summed E-state index contributed by atoms with van der Waals surface area (Å²) < 4.78 is 5.17. The first-order valence-electron chi connectivity index (χ1n) is 5.63. The maximum Gasteiger partial charge on any atom is 0.0579 e.